The molecular weight excluding hydrogens is 352 g/mol. The van der Waals surface area contributed by atoms with Crippen LogP contribution in [0.5, 0.6) is 5.75 Å². The maximum Gasteiger partial charge on any atom is 0.253 e. The van der Waals surface area contributed by atoms with Gasteiger partial charge in [-0.3, -0.25) is 9.69 Å². The molecule has 5 nitrogen and oxygen atoms in total. The van der Waals surface area contributed by atoms with Crippen LogP contribution in [0, 0.1) is 0 Å². The number of amides is 1. The minimum atomic E-state index is 0.101. The lowest BCUT2D eigenvalue weighted by Crippen LogP contribution is -2.35. The van der Waals surface area contributed by atoms with Gasteiger partial charge < -0.3 is 14.1 Å². The summed E-state index contributed by atoms with van der Waals surface area (Å²) in [5.74, 6) is 1.90. The first-order chi connectivity index (χ1) is 13.8. The average Bonchev–Trinajstić information content (AvgIpc) is 3.13. The number of nitrogens with zero attached hydrogens (tertiary/aromatic N) is 2. The molecule has 0 bridgehead atoms. The minimum Gasteiger partial charge on any atom is -0.486 e. The molecular formula is C23H28N2O3. The van der Waals surface area contributed by atoms with E-state index in [1.807, 2.05) is 41.3 Å². The number of ether oxygens (including phenoxy) is 1. The lowest BCUT2D eigenvalue weighted by atomic mass is 10.1. The molecule has 1 atom stereocenters. The Bertz CT molecular complexity index is 783. The molecule has 2 aliphatic rings. The van der Waals surface area contributed by atoms with Crippen LogP contribution in [0.25, 0.3) is 0 Å². The van der Waals surface area contributed by atoms with Crippen molar-refractivity contribution in [2.24, 2.45) is 0 Å². The third kappa shape index (κ3) is 4.84. The molecule has 5 heteroatoms. The van der Waals surface area contributed by atoms with Crippen molar-refractivity contribution in [1.29, 1.82) is 0 Å². The van der Waals surface area contributed by atoms with E-state index in [1.54, 1.807) is 6.26 Å². The highest BCUT2D eigenvalue weighted by Crippen LogP contribution is 2.20. The van der Waals surface area contributed by atoms with Gasteiger partial charge in [-0.2, -0.15) is 0 Å². The van der Waals surface area contributed by atoms with Gasteiger partial charge in [0.1, 0.15) is 17.6 Å². The van der Waals surface area contributed by atoms with Crippen molar-refractivity contribution in [2.75, 3.05) is 26.2 Å². The zero-order valence-electron chi connectivity index (χ0n) is 16.3. The SMILES string of the molecule is O=C(c1ccc(OC2C=CCCC2)cc1)N1CCCN(Cc2ccco2)CC1. The third-order valence-corrected chi connectivity index (χ3v) is 5.43. The number of hydrogen-bond donors (Lipinski definition) is 0. The number of carbonyl (C=O) groups is 1. The molecule has 1 aliphatic carbocycles. The van der Waals surface area contributed by atoms with Gasteiger partial charge in [-0.05, 0) is 68.2 Å². The molecule has 1 aromatic carbocycles. The summed E-state index contributed by atoms with van der Waals surface area (Å²) in [6.07, 6.45) is 10.5. The molecule has 28 heavy (non-hydrogen) atoms. The Morgan fingerprint density at radius 1 is 1.07 bits per heavy atom. The average molecular weight is 380 g/mol. The van der Waals surface area contributed by atoms with Crippen molar-refractivity contribution >= 4 is 5.91 Å². The molecule has 1 amide bonds. The number of furan rings is 1. The largest absolute Gasteiger partial charge is 0.486 e. The zero-order valence-corrected chi connectivity index (χ0v) is 16.3. The summed E-state index contributed by atoms with van der Waals surface area (Å²) in [6.45, 7) is 4.17. The Hall–Kier alpha value is -2.53. The van der Waals surface area contributed by atoms with E-state index < -0.39 is 0 Å². The van der Waals surface area contributed by atoms with Gasteiger partial charge in [-0.25, -0.2) is 0 Å². The normalized spacial score (nSPS) is 20.7. The standard InChI is InChI=1S/C23H28N2O3/c26-23(19-9-11-21(12-10-19)28-20-6-2-1-3-7-20)25-14-5-13-24(15-16-25)18-22-8-4-17-27-22/h2,4,6,8-12,17,20H,1,3,5,7,13-16,18H2. The van der Waals surface area contributed by atoms with E-state index in [0.717, 1.165) is 69.1 Å². The topological polar surface area (TPSA) is 45.9 Å². The summed E-state index contributed by atoms with van der Waals surface area (Å²) >= 11 is 0. The molecule has 0 saturated carbocycles. The second kappa shape index (κ2) is 9.11. The van der Waals surface area contributed by atoms with Gasteiger partial charge in [0.25, 0.3) is 5.91 Å². The molecule has 2 aromatic rings. The van der Waals surface area contributed by atoms with Gasteiger partial charge in [0.05, 0.1) is 12.8 Å². The quantitative estimate of drug-likeness (QED) is 0.732. The number of carbonyl (C=O) groups excluding carboxylic acids is 1. The van der Waals surface area contributed by atoms with E-state index in [0.29, 0.717) is 0 Å². The monoisotopic (exact) mass is 380 g/mol. The first-order valence-electron chi connectivity index (χ1n) is 10.3. The van der Waals surface area contributed by atoms with Crippen LogP contribution in [-0.4, -0.2) is 48.0 Å². The molecule has 0 spiro atoms. The van der Waals surface area contributed by atoms with E-state index in [-0.39, 0.29) is 12.0 Å². The van der Waals surface area contributed by atoms with Crippen molar-refractivity contribution in [3.05, 3.63) is 66.1 Å². The van der Waals surface area contributed by atoms with Crippen LogP contribution in [-0.2, 0) is 6.54 Å². The minimum absolute atomic E-state index is 0.101. The zero-order chi connectivity index (χ0) is 19.2. The Kier molecular flexibility index (Phi) is 6.12. The summed E-state index contributed by atoms with van der Waals surface area (Å²) in [5, 5.41) is 0. The van der Waals surface area contributed by atoms with Crippen molar-refractivity contribution in [3.8, 4) is 5.75 Å². The molecule has 0 radical (unpaired) electrons. The number of hydrogen-bond acceptors (Lipinski definition) is 4. The van der Waals surface area contributed by atoms with Crippen molar-refractivity contribution in [2.45, 2.75) is 38.3 Å². The van der Waals surface area contributed by atoms with Gasteiger partial charge in [0.15, 0.2) is 0 Å². The smallest absolute Gasteiger partial charge is 0.253 e. The highest BCUT2D eigenvalue weighted by molar-refractivity contribution is 5.94. The van der Waals surface area contributed by atoms with Crippen LogP contribution < -0.4 is 4.74 Å². The van der Waals surface area contributed by atoms with Crippen molar-refractivity contribution < 1.29 is 13.9 Å². The first-order valence-corrected chi connectivity index (χ1v) is 10.3. The van der Waals surface area contributed by atoms with Gasteiger partial charge in [-0.15, -0.1) is 0 Å². The predicted molar refractivity (Wildman–Crippen MR) is 108 cm³/mol. The van der Waals surface area contributed by atoms with E-state index in [1.165, 1.54) is 6.42 Å². The fourth-order valence-corrected chi connectivity index (χ4v) is 3.87. The van der Waals surface area contributed by atoms with Crippen LogP contribution in [0.3, 0.4) is 0 Å². The summed E-state index contributed by atoms with van der Waals surface area (Å²) in [7, 11) is 0. The van der Waals surface area contributed by atoms with Crippen LogP contribution in [0.2, 0.25) is 0 Å². The Labute approximate surface area is 166 Å². The molecule has 4 rings (SSSR count). The molecule has 1 aromatic heterocycles. The molecule has 148 valence electrons. The lowest BCUT2D eigenvalue weighted by molar-refractivity contribution is 0.0760. The number of allylic oxidation sites excluding steroid dienone is 1. The van der Waals surface area contributed by atoms with Crippen LogP contribution in [0.1, 0.15) is 41.8 Å². The first kappa shape index (κ1) is 18.8. The van der Waals surface area contributed by atoms with E-state index in [9.17, 15) is 4.79 Å². The molecule has 1 aliphatic heterocycles. The number of benzene rings is 1. The summed E-state index contributed by atoms with van der Waals surface area (Å²) < 4.78 is 11.4. The Balaban J connectivity index is 1.32. The summed E-state index contributed by atoms with van der Waals surface area (Å²) in [5.41, 5.74) is 0.728. The van der Waals surface area contributed by atoms with E-state index in [4.69, 9.17) is 9.15 Å². The van der Waals surface area contributed by atoms with E-state index in [2.05, 4.69) is 17.1 Å². The van der Waals surface area contributed by atoms with Gasteiger partial charge in [0, 0.05) is 31.7 Å². The highest BCUT2D eigenvalue weighted by atomic mass is 16.5. The maximum absolute atomic E-state index is 12.9. The van der Waals surface area contributed by atoms with Crippen LogP contribution in [0.4, 0.5) is 0 Å². The molecule has 1 fully saturated rings. The number of rotatable bonds is 5. The van der Waals surface area contributed by atoms with Gasteiger partial charge in [0.2, 0.25) is 0 Å². The molecule has 2 heterocycles. The lowest BCUT2D eigenvalue weighted by Gasteiger charge is -2.22. The van der Waals surface area contributed by atoms with Crippen molar-refractivity contribution in [3.63, 3.8) is 0 Å². The second-order valence-electron chi connectivity index (χ2n) is 7.54. The van der Waals surface area contributed by atoms with Gasteiger partial charge >= 0.3 is 0 Å². The third-order valence-electron chi connectivity index (χ3n) is 5.43. The van der Waals surface area contributed by atoms with Crippen LogP contribution in [0.15, 0.2) is 59.2 Å². The predicted octanol–water partition coefficient (Wildman–Crippen LogP) is 4.12. The van der Waals surface area contributed by atoms with E-state index >= 15 is 0 Å². The maximum atomic E-state index is 12.9. The van der Waals surface area contributed by atoms with Crippen LogP contribution >= 0.6 is 0 Å². The highest BCUT2D eigenvalue weighted by Gasteiger charge is 2.21. The fraction of sp³-hybridized carbons (Fsp3) is 0.435. The summed E-state index contributed by atoms with van der Waals surface area (Å²) in [6, 6.07) is 11.5. The Morgan fingerprint density at radius 2 is 1.96 bits per heavy atom. The fourth-order valence-electron chi connectivity index (χ4n) is 3.87. The van der Waals surface area contributed by atoms with Crippen molar-refractivity contribution in [1.82, 2.24) is 9.80 Å². The molecule has 1 unspecified atom stereocenters. The molecule has 0 N–H and O–H groups in total. The summed E-state index contributed by atoms with van der Waals surface area (Å²) in [4.78, 5) is 17.2. The Morgan fingerprint density at radius 3 is 2.71 bits per heavy atom. The molecule has 1 saturated heterocycles. The second-order valence-corrected chi connectivity index (χ2v) is 7.54. The van der Waals surface area contributed by atoms with Gasteiger partial charge in [-0.1, -0.05) is 6.08 Å².